The fraction of sp³-hybridized carbons (Fsp3) is 0.600. The number of unbranched alkanes of at least 4 members (excludes halogenated alkanes) is 3. The number of carboxylic acids is 1. The average molecular weight is 396 g/mol. The molecule has 1 unspecified atom stereocenters. The summed E-state index contributed by atoms with van der Waals surface area (Å²) in [5, 5.41) is 14.4. The van der Waals surface area contributed by atoms with Crippen molar-refractivity contribution in [3.05, 3.63) is 24.3 Å². The highest BCUT2D eigenvalue weighted by molar-refractivity contribution is 5.98. The van der Waals surface area contributed by atoms with Crippen LogP contribution in [0.1, 0.15) is 52.4 Å². The van der Waals surface area contributed by atoms with Crippen molar-refractivity contribution in [2.75, 3.05) is 19.7 Å². The smallest absolute Gasteiger partial charge is 0.311 e. The third-order valence-corrected chi connectivity index (χ3v) is 4.01. The molecular weight excluding hydrogens is 364 g/mol. The molecule has 0 saturated carbocycles. The second-order valence-corrected chi connectivity index (χ2v) is 6.34. The van der Waals surface area contributed by atoms with E-state index < -0.39 is 23.8 Å². The Morgan fingerprint density at radius 1 is 0.929 bits per heavy atom. The monoisotopic (exact) mass is 396 g/mol. The van der Waals surface area contributed by atoms with Gasteiger partial charge in [0.15, 0.2) is 0 Å². The molecule has 2 amide bonds. The van der Waals surface area contributed by atoms with Gasteiger partial charge in [-0.25, -0.2) is 0 Å². The van der Waals surface area contributed by atoms with Gasteiger partial charge in [-0.2, -0.15) is 0 Å². The molecule has 0 radical (unpaired) electrons. The van der Waals surface area contributed by atoms with Crippen molar-refractivity contribution in [3.8, 4) is 0 Å². The van der Waals surface area contributed by atoms with Crippen LogP contribution in [0.4, 0.5) is 0 Å². The van der Waals surface area contributed by atoms with Crippen LogP contribution in [-0.2, 0) is 23.9 Å². The molecule has 0 rings (SSSR count). The van der Waals surface area contributed by atoms with Gasteiger partial charge in [0.2, 0.25) is 11.8 Å². The van der Waals surface area contributed by atoms with Crippen molar-refractivity contribution >= 4 is 23.8 Å². The third kappa shape index (κ3) is 10.5. The molecule has 0 aromatic heterocycles. The molecule has 0 aromatic rings. The van der Waals surface area contributed by atoms with Gasteiger partial charge in [0, 0.05) is 24.2 Å². The summed E-state index contributed by atoms with van der Waals surface area (Å²) in [5.74, 6) is -3.25. The van der Waals surface area contributed by atoms with Crippen LogP contribution in [0.2, 0.25) is 0 Å². The van der Waals surface area contributed by atoms with Gasteiger partial charge >= 0.3 is 11.9 Å². The quantitative estimate of drug-likeness (QED) is 0.221. The maximum atomic E-state index is 11.7. The van der Waals surface area contributed by atoms with E-state index in [0.29, 0.717) is 32.4 Å². The summed E-state index contributed by atoms with van der Waals surface area (Å²) in [6.07, 6.45) is 2.94. The topological polar surface area (TPSA) is 122 Å². The molecule has 0 saturated heterocycles. The molecule has 158 valence electrons. The van der Waals surface area contributed by atoms with Crippen molar-refractivity contribution in [2.45, 2.75) is 52.4 Å². The van der Waals surface area contributed by atoms with Gasteiger partial charge in [0.1, 0.15) is 0 Å². The second-order valence-electron chi connectivity index (χ2n) is 6.34. The van der Waals surface area contributed by atoms with Crippen LogP contribution in [0.25, 0.3) is 0 Å². The first kappa shape index (κ1) is 25.4. The molecule has 0 aliphatic heterocycles. The number of carbonyl (C=O) groups excluding carboxylic acids is 3. The highest BCUT2D eigenvalue weighted by Gasteiger charge is 2.24. The number of carbonyl (C=O) groups is 4. The lowest BCUT2D eigenvalue weighted by atomic mass is 9.93. The Morgan fingerprint density at radius 3 is 2.07 bits per heavy atom. The summed E-state index contributed by atoms with van der Waals surface area (Å²) < 4.78 is 5.06. The molecule has 0 heterocycles. The summed E-state index contributed by atoms with van der Waals surface area (Å²) in [6.45, 7) is 11.8. The molecular formula is C20H32N2O6. The van der Waals surface area contributed by atoms with Gasteiger partial charge in [0.05, 0.1) is 18.9 Å². The molecule has 0 aliphatic rings. The number of aliphatic carboxylic acids is 1. The zero-order valence-electron chi connectivity index (χ0n) is 16.8. The Morgan fingerprint density at radius 2 is 1.50 bits per heavy atom. The molecule has 8 nitrogen and oxygen atoms in total. The van der Waals surface area contributed by atoms with Crippen molar-refractivity contribution in [3.63, 3.8) is 0 Å². The minimum Gasteiger partial charge on any atom is -0.481 e. The lowest BCUT2D eigenvalue weighted by molar-refractivity contribution is -0.143. The van der Waals surface area contributed by atoms with Crippen LogP contribution in [-0.4, -0.2) is 48.6 Å². The van der Waals surface area contributed by atoms with E-state index in [2.05, 4.69) is 23.8 Å². The minimum absolute atomic E-state index is 0.0654. The number of rotatable bonds is 15. The van der Waals surface area contributed by atoms with Crippen LogP contribution in [0.5, 0.6) is 0 Å². The zero-order valence-corrected chi connectivity index (χ0v) is 16.8. The number of nitrogens with one attached hydrogen (secondary N) is 2. The normalized spacial score (nSPS) is 11.2. The number of likely N-dealkylation sites (N-methyl/N-ethyl adjacent to an activating group) is 2. The molecule has 0 spiro atoms. The van der Waals surface area contributed by atoms with Crippen molar-refractivity contribution in [1.29, 1.82) is 0 Å². The zero-order chi connectivity index (χ0) is 21.5. The number of hydrogen-bond acceptors (Lipinski definition) is 5. The summed E-state index contributed by atoms with van der Waals surface area (Å²) in [5.41, 5.74) is 0.231. The predicted molar refractivity (Wildman–Crippen MR) is 105 cm³/mol. The van der Waals surface area contributed by atoms with Gasteiger partial charge in [-0.05, 0) is 26.7 Å². The van der Waals surface area contributed by atoms with E-state index in [1.54, 1.807) is 13.8 Å². The SMILES string of the molecule is C=C(CC(=O)OCCCCCCC(C(=C)C(=O)NCC)C(=O)O)C(=O)NCC. The number of ether oxygens (including phenoxy) is 1. The Hall–Kier alpha value is -2.64. The molecule has 0 bridgehead atoms. The van der Waals surface area contributed by atoms with Gasteiger partial charge in [0.25, 0.3) is 0 Å². The van der Waals surface area contributed by atoms with Crippen LogP contribution >= 0.6 is 0 Å². The maximum Gasteiger partial charge on any atom is 0.311 e. The van der Waals surface area contributed by atoms with Crippen molar-refractivity contribution in [1.82, 2.24) is 10.6 Å². The first-order valence-electron chi connectivity index (χ1n) is 9.55. The van der Waals surface area contributed by atoms with E-state index in [-0.39, 0.29) is 30.1 Å². The Bertz CT molecular complexity index is 585. The number of hydrogen-bond donors (Lipinski definition) is 3. The minimum atomic E-state index is -1.06. The lowest BCUT2D eigenvalue weighted by Crippen LogP contribution is -2.30. The molecule has 1 atom stereocenters. The number of amides is 2. The summed E-state index contributed by atoms with van der Waals surface area (Å²) in [4.78, 5) is 46.2. The van der Waals surface area contributed by atoms with Gasteiger partial charge in [-0.15, -0.1) is 0 Å². The van der Waals surface area contributed by atoms with E-state index >= 15 is 0 Å². The van der Waals surface area contributed by atoms with Crippen LogP contribution < -0.4 is 10.6 Å². The Balaban J connectivity index is 4.00. The third-order valence-electron chi connectivity index (χ3n) is 4.01. The Labute approximate surface area is 166 Å². The first-order valence-corrected chi connectivity index (χ1v) is 9.55. The molecule has 0 aromatic carbocycles. The molecule has 0 aliphatic carbocycles. The number of carboxylic acid groups (broad SMARTS) is 1. The number of esters is 1. The highest BCUT2D eigenvalue weighted by atomic mass is 16.5. The predicted octanol–water partition coefficient (Wildman–Crippen LogP) is 1.96. The fourth-order valence-electron chi connectivity index (χ4n) is 2.46. The largest absolute Gasteiger partial charge is 0.481 e. The van der Waals surface area contributed by atoms with E-state index in [1.807, 2.05) is 0 Å². The molecule has 8 heteroatoms. The highest BCUT2D eigenvalue weighted by Crippen LogP contribution is 2.19. The molecule has 3 N–H and O–H groups in total. The first-order chi connectivity index (χ1) is 13.2. The maximum absolute atomic E-state index is 11.7. The van der Waals surface area contributed by atoms with Gasteiger partial charge in [-0.1, -0.05) is 32.4 Å². The molecule has 0 fully saturated rings. The lowest BCUT2D eigenvalue weighted by Gasteiger charge is -2.14. The van der Waals surface area contributed by atoms with Crippen LogP contribution in [0, 0.1) is 5.92 Å². The standard InChI is InChI=1S/C20H32N2O6/c1-5-21-18(24)14(3)13-17(23)28-12-10-8-7-9-11-16(20(26)27)15(4)19(25)22-6-2/h16H,3-13H2,1-2H3,(H,21,24)(H,22,25)(H,26,27). The van der Waals surface area contributed by atoms with Crippen LogP contribution in [0.3, 0.4) is 0 Å². The summed E-state index contributed by atoms with van der Waals surface area (Å²) >= 11 is 0. The summed E-state index contributed by atoms with van der Waals surface area (Å²) in [6, 6.07) is 0. The van der Waals surface area contributed by atoms with Gasteiger partial charge < -0.3 is 20.5 Å². The Kier molecular flexibility index (Phi) is 13.1. The fourth-order valence-corrected chi connectivity index (χ4v) is 2.46. The van der Waals surface area contributed by atoms with E-state index in [4.69, 9.17) is 4.74 Å². The van der Waals surface area contributed by atoms with Crippen LogP contribution in [0.15, 0.2) is 24.3 Å². The van der Waals surface area contributed by atoms with Crippen molar-refractivity contribution in [2.24, 2.45) is 5.92 Å². The van der Waals surface area contributed by atoms with Crippen molar-refractivity contribution < 1.29 is 29.0 Å². The van der Waals surface area contributed by atoms with E-state index in [0.717, 1.165) is 12.8 Å². The average Bonchev–Trinajstić information content (AvgIpc) is 2.63. The molecule has 28 heavy (non-hydrogen) atoms. The second kappa shape index (κ2) is 14.4. The van der Waals surface area contributed by atoms with E-state index in [9.17, 15) is 24.3 Å². The van der Waals surface area contributed by atoms with E-state index in [1.165, 1.54) is 0 Å². The summed E-state index contributed by atoms with van der Waals surface area (Å²) in [7, 11) is 0. The van der Waals surface area contributed by atoms with Gasteiger partial charge in [-0.3, -0.25) is 19.2 Å².